The van der Waals surface area contributed by atoms with Crippen molar-refractivity contribution in [1.82, 2.24) is 0 Å². The molecule has 10 nitrogen and oxygen atoms in total. The lowest BCUT2D eigenvalue weighted by Crippen LogP contribution is -2.25. The molecule has 4 aliphatic rings. The summed E-state index contributed by atoms with van der Waals surface area (Å²) in [6.07, 6.45) is 7.95. The Morgan fingerprint density at radius 2 is 1.22 bits per heavy atom. The number of ketones is 2. The van der Waals surface area contributed by atoms with E-state index >= 15 is 0 Å². The predicted molar refractivity (Wildman–Crippen MR) is 170 cm³/mol. The number of fused-ring (bicyclic) bond motifs is 2. The minimum Gasteiger partial charge on any atom is -0.478 e. The number of carboxylic acids is 2. The zero-order valence-electron chi connectivity index (χ0n) is 26.2. The molecule has 4 aliphatic carbocycles. The van der Waals surface area contributed by atoms with Gasteiger partial charge < -0.3 is 19.7 Å². The van der Waals surface area contributed by atoms with E-state index in [1.807, 2.05) is 0 Å². The standard InChI is InChI=1S/2C17H20O5S/c1-2-22-17(21)10-5-6-13-11(7-10)15(16(19)20)14(23-13)8-12(18)9-3-4-9;1-2-22-17(21)11-5-3-4-10-14(16(19)20)13(23-15(10)11)8-12(18)9-6-7-9/h9-10H,2-8H2,1H3,(H,19,20);9,11H,2-8H2,1H3,(H,19,20). The van der Waals surface area contributed by atoms with Crippen LogP contribution in [0.25, 0.3) is 0 Å². The summed E-state index contributed by atoms with van der Waals surface area (Å²) < 4.78 is 10.2. The van der Waals surface area contributed by atoms with Crippen LogP contribution < -0.4 is 0 Å². The number of thiophene rings is 2. The first-order valence-electron chi connectivity index (χ1n) is 16.2. The first-order valence-corrected chi connectivity index (χ1v) is 17.8. The quantitative estimate of drug-likeness (QED) is 0.272. The summed E-state index contributed by atoms with van der Waals surface area (Å²) in [6, 6.07) is 0. The summed E-state index contributed by atoms with van der Waals surface area (Å²) in [5, 5.41) is 19.2. The van der Waals surface area contributed by atoms with Gasteiger partial charge >= 0.3 is 23.9 Å². The number of aryl methyl sites for hydroxylation is 1. The number of rotatable bonds is 12. The maximum absolute atomic E-state index is 12.2. The van der Waals surface area contributed by atoms with Gasteiger partial charge in [-0.3, -0.25) is 19.2 Å². The Bertz CT molecular complexity index is 1540. The fourth-order valence-corrected chi connectivity index (χ4v) is 9.24. The van der Waals surface area contributed by atoms with E-state index in [4.69, 9.17) is 9.47 Å². The molecule has 248 valence electrons. The summed E-state index contributed by atoms with van der Waals surface area (Å²) in [6.45, 7) is 4.17. The molecular weight excluding hydrogens is 632 g/mol. The number of carbonyl (C=O) groups is 6. The highest BCUT2D eigenvalue weighted by molar-refractivity contribution is 7.13. The van der Waals surface area contributed by atoms with Crippen molar-refractivity contribution < 1.29 is 48.5 Å². The molecule has 0 aliphatic heterocycles. The van der Waals surface area contributed by atoms with Crippen LogP contribution in [0.4, 0.5) is 0 Å². The fraction of sp³-hybridized carbons (Fsp3) is 0.588. The molecule has 2 atom stereocenters. The normalized spacial score (nSPS) is 20.0. The van der Waals surface area contributed by atoms with Crippen LogP contribution in [0.1, 0.15) is 116 Å². The largest absolute Gasteiger partial charge is 0.478 e. The van der Waals surface area contributed by atoms with Crippen LogP contribution >= 0.6 is 22.7 Å². The first-order chi connectivity index (χ1) is 22.0. The van der Waals surface area contributed by atoms with Gasteiger partial charge in [0.2, 0.25) is 0 Å². The molecule has 6 rings (SSSR count). The van der Waals surface area contributed by atoms with E-state index in [-0.39, 0.29) is 71.1 Å². The second-order valence-electron chi connectivity index (χ2n) is 12.4. The summed E-state index contributed by atoms with van der Waals surface area (Å²) in [4.78, 5) is 74.8. The molecule has 0 amide bonds. The van der Waals surface area contributed by atoms with Crippen molar-refractivity contribution >= 4 is 58.1 Å². The monoisotopic (exact) mass is 672 g/mol. The summed E-state index contributed by atoms with van der Waals surface area (Å²) >= 11 is 2.76. The average molecular weight is 673 g/mol. The SMILES string of the molecule is CCOC(=O)C1CCCc2c1sc(CC(=O)C1CC1)c2C(=O)O.CCOC(=O)C1CCc2sc(CC(=O)C3CC3)c(C(=O)O)c2C1. The highest BCUT2D eigenvalue weighted by Gasteiger charge is 2.38. The second kappa shape index (κ2) is 14.6. The van der Waals surface area contributed by atoms with E-state index in [0.717, 1.165) is 53.0 Å². The Hall–Kier alpha value is -3.38. The molecule has 2 fully saturated rings. The molecule has 2 aromatic heterocycles. The van der Waals surface area contributed by atoms with Gasteiger partial charge in [-0.15, -0.1) is 22.7 Å². The van der Waals surface area contributed by atoms with E-state index < -0.39 is 11.9 Å². The lowest BCUT2D eigenvalue weighted by Gasteiger charge is -2.21. The van der Waals surface area contributed by atoms with Crippen molar-refractivity contribution in [2.75, 3.05) is 13.2 Å². The Labute approximate surface area is 275 Å². The molecule has 0 spiro atoms. The molecule has 12 heteroatoms. The summed E-state index contributed by atoms with van der Waals surface area (Å²) in [5.74, 6) is -2.68. The maximum Gasteiger partial charge on any atom is 0.337 e. The number of hydrogen-bond acceptors (Lipinski definition) is 10. The summed E-state index contributed by atoms with van der Waals surface area (Å²) in [7, 11) is 0. The lowest BCUT2D eigenvalue weighted by atomic mass is 9.86. The van der Waals surface area contributed by atoms with E-state index in [2.05, 4.69) is 0 Å². The number of Topliss-reactive ketones (excluding diaryl/α,β-unsaturated/α-hetero) is 2. The van der Waals surface area contributed by atoms with Gasteiger partial charge in [-0.25, -0.2) is 9.59 Å². The molecule has 0 bridgehead atoms. The van der Waals surface area contributed by atoms with E-state index in [1.54, 1.807) is 13.8 Å². The molecule has 0 aromatic carbocycles. The molecule has 2 saturated carbocycles. The topological polar surface area (TPSA) is 161 Å². The third-order valence-electron chi connectivity index (χ3n) is 9.03. The van der Waals surface area contributed by atoms with Crippen LogP contribution in [-0.2, 0) is 60.8 Å². The minimum absolute atomic E-state index is 0.108. The molecular formula is C34H40O10S2. The third-order valence-corrected chi connectivity index (χ3v) is 11.7. The van der Waals surface area contributed by atoms with Crippen LogP contribution in [0, 0.1) is 17.8 Å². The zero-order valence-corrected chi connectivity index (χ0v) is 27.8. The smallest absolute Gasteiger partial charge is 0.337 e. The number of carboxylic acid groups (broad SMARTS) is 2. The molecule has 2 heterocycles. The van der Waals surface area contributed by atoms with Crippen molar-refractivity contribution in [3.05, 3.63) is 41.8 Å². The number of carbonyl (C=O) groups excluding carboxylic acids is 4. The van der Waals surface area contributed by atoms with Crippen LogP contribution in [0.2, 0.25) is 0 Å². The van der Waals surface area contributed by atoms with E-state index in [0.29, 0.717) is 55.1 Å². The van der Waals surface area contributed by atoms with Gasteiger partial charge in [0.05, 0.1) is 36.2 Å². The number of hydrogen-bond donors (Lipinski definition) is 2. The maximum atomic E-state index is 12.2. The Morgan fingerprint density at radius 1 is 0.674 bits per heavy atom. The summed E-state index contributed by atoms with van der Waals surface area (Å²) in [5.41, 5.74) is 2.00. The molecule has 2 aromatic rings. The van der Waals surface area contributed by atoms with Crippen molar-refractivity contribution in [1.29, 1.82) is 0 Å². The Kier molecular flexibility index (Phi) is 10.8. The average Bonchev–Trinajstić information content (AvgIpc) is 3.94. The van der Waals surface area contributed by atoms with Crippen molar-refractivity contribution in [3.63, 3.8) is 0 Å². The molecule has 46 heavy (non-hydrogen) atoms. The van der Waals surface area contributed by atoms with E-state index in [1.165, 1.54) is 22.7 Å². The van der Waals surface area contributed by atoms with Crippen LogP contribution in [0.5, 0.6) is 0 Å². The van der Waals surface area contributed by atoms with Gasteiger partial charge in [-0.05, 0) is 89.2 Å². The van der Waals surface area contributed by atoms with E-state index in [9.17, 15) is 39.0 Å². The number of aromatic carboxylic acids is 2. The van der Waals surface area contributed by atoms with Gasteiger partial charge in [0.15, 0.2) is 0 Å². The van der Waals surface area contributed by atoms with Gasteiger partial charge in [0.25, 0.3) is 0 Å². The fourth-order valence-electron chi connectivity index (χ4n) is 6.41. The van der Waals surface area contributed by atoms with Crippen LogP contribution in [0.3, 0.4) is 0 Å². The first kappa shape index (κ1) is 34.0. The van der Waals surface area contributed by atoms with Crippen molar-refractivity contribution in [2.45, 2.75) is 96.8 Å². The molecule has 2 N–H and O–H groups in total. The number of esters is 2. The van der Waals surface area contributed by atoms with Gasteiger partial charge in [-0.2, -0.15) is 0 Å². The van der Waals surface area contributed by atoms with Crippen LogP contribution in [0.15, 0.2) is 0 Å². The van der Waals surface area contributed by atoms with Gasteiger partial charge in [0, 0.05) is 44.2 Å². The Morgan fingerprint density at radius 3 is 1.76 bits per heavy atom. The highest BCUT2D eigenvalue weighted by atomic mass is 32.1. The number of ether oxygens (including phenoxy) is 2. The predicted octanol–water partition coefficient (Wildman–Crippen LogP) is 5.59. The van der Waals surface area contributed by atoms with Crippen LogP contribution in [-0.4, -0.2) is 58.9 Å². The molecule has 2 unspecified atom stereocenters. The molecule has 0 saturated heterocycles. The zero-order chi connectivity index (χ0) is 33.1. The minimum atomic E-state index is -0.995. The van der Waals surface area contributed by atoms with Crippen molar-refractivity contribution in [3.8, 4) is 0 Å². The van der Waals surface area contributed by atoms with Crippen molar-refractivity contribution in [2.24, 2.45) is 17.8 Å². The second-order valence-corrected chi connectivity index (χ2v) is 14.7. The molecule has 0 radical (unpaired) electrons. The van der Waals surface area contributed by atoms with Gasteiger partial charge in [0.1, 0.15) is 11.6 Å². The third kappa shape index (κ3) is 7.60. The highest BCUT2D eigenvalue weighted by Crippen LogP contribution is 2.43. The lowest BCUT2D eigenvalue weighted by molar-refractivity contribution is -0.148. The van der Waals surface area contributed by atoms with Gasteiger partial charge in [-0.1, -0.05) is 0 Å². The Balaban J connectivity index is 0.000000181.